The average Bonchev–Trinajstić information content (AvgIpc) is 3.36. The van der Waals surface area contributed by atoms with Crippen molar-refractivity contribution in [2.24, 2.45) is 0 Å². The third-order valence-electron chi connectivity index (χ3n) is 4.25. The molecule has 130 valence electrons. The van der Waals surface area contributed by atoms with Gasteiger partial charge in [-0.25, -0.2) is 9.67 Å². The summed E-state index contributed by atoms with van der Waals surface area (Å²) in [7, 11) is 0. The molecule has 2 heterocycles. The first kappa shape index (κ1) is 15.7. The number of nitrogens with zero attached hydrogens (tertiary/aromatic N) is 4. The highest BCUT2D eigenvalue weighted by atomic mass is 32.1. The normalized spacial score (nSPS) is 11.1. The van der Waals surface area contributed by atoms with Gasteiger partial charge in [-0.2, -0.15) is 0 Å². The second-order valence-corrected chi connectivity index (χ2v) is 7.02. The van der Waals surface area contributed by atoms with Crippen LogP contribution in [0.5, 0.6) is 0 Å². The Kier molecular flexibility index (Phi) is 3.65. The summed E-state index contributed by atoms with van der Waals surface area (Å²) in [5.74, 6) is -0.333. The standard InChI is InChI=1S/C20H13N5OS/c26-19(16-12-25(24-23-16)14-7-2-1-3-8-14)22-20-21-18-15-9-5-4-6-13(15)10-11-17(18)27-20/h1-12H,(H,21,22,26). The van der Waals surface area contributed by atoms with Gasteiger partial charge in [0.1, 0.15) is 0 Å². The second-order valence-electron chi connectivity index (χ2n) is 5.99. The van der Waals surface area contributed by atoms with Crippen molar-refractivity contribution < 1.29 is 4.79 Å². The minimum absolute atomic E-state index is 0.239. The summed E-state index contributed by atoms with van der Waals surface area (Å²) < 4.78 is 2.60. The van der Waals surface area contributed by atoms with E-state index in [2.05, 4.69) is 26.7 Å². The van der Waals surface area contributed by atoms with E-state index in [1.807, 2.05) is 60.7 Å². The maximum atomic E-state index is 12.5. The predicted molar refractivity (Wildman–Crippen MR) is 106 cm³/mol. The molecule has 5 aromatic rings. The first-order valence-electron chi connectivity index (χ1n) is 8.35. The minimum Gasteiger partial charge on any atom is -0.296 e. The summed E-state index contributed by atoms with van der Waals surface area (Å²) in [6.07, 6.45) is 1.60. The molecular weight excluding hydrogens is 358 g/mol. The van der Waals surface area contributed by atoms with Gasteiger partial charge in [0.2, 0.25) is 0 Å². The highest BCUT2D eigenvalue weighted by Crippen LogP contribution is 2.31. The highest BCUT2D eigenvalue weighted by molar-refractivity contribution is 7.22. The molecule has 0 radical (unpaired) electrons. The molecule has 0 bridgehead atoms. The number of carbonyl (C=O) groups excluding carboxylic acids is 1. The zero-order chi connectivity index (χ0) is 18.2. The largest absolute Gasteiger partial charge is 0.296 e. The lowest BCUT2D eigenvalue weighted by molar-refractivity contribution is 0.102. The van der Waals surface area contributed by atoms with Crippen molar-refractivity contribution in [1.82, 2.24) is 20.0 Å². The fourth-order valence-corrected chi connectivity index (χ4v) is 3.83. The van der Waals surface area contributed by atoms with E-state index in [0.717, 1.165) is 26.7 Å². The summed E-state index contributed by atoms with van der Waals surface area (Å²) in [6.45, 7) is 0. The van der Waals surface area contributed by atoms with Crippen LogP contribution in [0.25, 0.3) is 26.7 Å². The third kappa shape index (κ3) is 2.84. The molecule has 0 aliphatic rings. The molecule has 1 N–H and O–H groups in total. The Morgan fingerprint density at radius 3 is 2.67 bits per heavy atom. The van der Waals surface area contributed by atoms with Crippen LogP contribution in [0.2, 0.25) is 0 Å². The lowest BCUT2D eigenvalue weighted by atomic mass is 10.1. The summed E-state index contributed by atoms with van der Waals surface area (Å²) in [5.41, 5.74) is 1.97. The fraction of sp³-hybridized carbons (Fsp3) is 0. The van der Waals surface area contributed by atoms with Gasteiger partial charge in [0.05, 0.1) is 22.1 Å². The van der Waals surface area contributed by atoms with Gasteiger partial charge in [-0.1, -0.05) is 65.1 Å². The fourth-order valence-electron chi connectivity index (χ4n) is 2.95. The van der Waals surface area contributed by atoms with E-state index in [0.29, 0.717) is 5.13 Å². The molecule has 3 aromatic carbocycles. The number of fused-ring (bicyclic) bond motifs is 3. The maximum absolute atomic E-state index is 12.5. The second kappa shape index (κ2) is 6.30. The molecule has 27 heavy (non-hydrogen) atoms. The molecule has 0 saturated heterocycles. The van der Waals surface area contributed by atoms with Crippen LogP contribution < -0.4 is 5.32 Å². The molecule has 0 unspecified atom stereocenters. The molecule has 5 rings (SSSR count). The number of nitrogens with one attached hydrogen (secondary N) is 1. The first-order chi connectivity index (χ1) is 13.3. The van der Waals surface area contributed by atoms with Crippen LogP contribution >= 0.6 is 11.3 Å². The van der Waals surface area contributed by atoms with Gasteiger partial charge in [-0.05, 0) is 23.6 Å². The number of rotatable bonds is 3. The Labute approximate surface area is 158 Å². The maximum Gasteiger partial charge on any atom is 0.279 e. The summed E-state index contributed by atoms with van der Waals surface area (Å²) in [6, 6.07) is 21.7. The van der Waals surface area contributed by atoms with Crippen molar-refractivity contribution in [3.05, 3.63) is 78.6 Å². The van der Waals surface area contributed by atoms with E-state index in [-0.39, 0.29) is 11.6 Å². The molecule has 7 heteroatoms. The Morgan fingerprint density at radius 1 is 0.963 bits per heavy atom. The van der Waals surface area contributed by atoms with Crippen molar-refractivity contribution in [3.63, 3.8) is 0 Å². The van der Waals surface area contributed by atoms with Crippen LogP contribution in [0.1, 0.15) is 10.5 Å². The van der Waals surface area contributed by atoms with E-state index in [9.17, 15) is 4.79 Å². The van der Waals surface area contributed by atoms with Crippen LogP contribution in [0, 0.1) is 0 Å². The van der Waals surface area contributed by atoms with Gasteiger partial charge in [0, 0.05) is 5.39 Å². The topological polar surface area (TPSA) is 72.7 Å². The van der Waals surface area contributed by atoms with Crippen LogP contribution in [-0.2, 0) is 0 Å². The third-order valence-corrected chi connectivity index (χ3v) is 5.19. The SMILES string of the molecule is O=C(Nc1nc2c(ccc3ccccc32)s1)c1cn(-c2ccccc2)nn1. The number of carbonyl (C=O) groups is 1. The molecule has 0 atom stereocenters. The number of thiazole rings is 1. The van der Waals surface area contributed by atoms with Crippen molar-refractivity contribution >= 4 is 43.4 Å². The molecule has 1 amide bonds. The van der Waals surface area contributed by atoms with Crippen LogP contribution in [0.15, 0.2) is 72.9 Å². The molecule has 0 spiro atoms. The predicted octanol–water partition coefficient (Wildman–Crippen LogP) is 4.28. The highest BCUT2D eigenvalue weighted by Gasteiger charge is 2.15. The molecule has 0 aliphatic carbocycles. The zero-order valence-electron chi connectivity index (χ0n) is 14.0. The number of hydrogen-bond donors (Lipinski definition) is 1. The van der Waals surface area contributed by atoms with Gasteiger partial charge < -0.3 is 0 Å². The van der Waals surface area contributed by atoms with Gasteiger partial charge >= 0.3 is 0 Å². The molecule has 0 aliphatic heterocycles. The molecular formula is C20H13N5OS. The molecule has 0 fully saturated rings. The Balaban J connectivity index is 1.44. The number of benzene rings is 3. The summed E-state index contributed by atoms with van der Waals surface area (Å²) in [5, 5.41) is 13.6. The van der Waals surface area contributed by atoms with E-state index < -0.39 is 0 Å². The summed E-state index contributed by atoms with van der Waals surface area (Å²) >= 11 is 1.44. The van der Waals surface area contributed by atoms with Gasteiger partial charge in [0.25, 0.3) is 5.91 Å². The van der Waals surface area contributed by atoms with E-state index in [4.69, 9.17) is 0 Å². The number of hydrogen-bond acceptors (Lipinski definition) is 5. The Bertz CT molecular complexity index is 1280. The first-order valence-corrected chi connectivity index (χ1v) is 9.17. The van der Waals surface area contributed by atoms with Crippen molar-refractivity contribution in [2.45, 2.75) is 0 Å². The molecule has 6 nitrogen and oxygen atoms in total. The Morgan fingerprint density at radius 2 is 1.78 bits per heavy atom. The van der Waals surface area contributed by atoms with E-state index >= 15 is 0 Å². The van der Waals surface area contributed by atoms with Crippen molar-refractivity contribution in [3.8, 4) is 5.69 Å². The minimum atomic E-state index is -0.333. The Hall–Kier alpha value is -3.58. The quantitative estimate of drug-likeness (QED) is 0.514. The van der Waals surface area contributed by atoms with Gasteiger partial charge in [-0.3, -0.25) is 10.1 Å². The van der Waals surface area contributed by atoms with E-state index in [1.54, 1.807) is 10.9 Å². The monoisotopic (exact) mass is 371 g/mol. The molecule has 0 saturated carbocycles. The smallest absolute Gasteiger partial charge is 0.279 e. The number of para-hydroxylation sites is 1. The average molecular weight is 371 g/mol. The number of anilines is 1. The van der Waals surface area contributed by atoms with Gasteiger partial charge in [0.15, 0.2) is 10.8 Å². The van der Waals surface area contributed by atoms with Crippen molar-refractivity contribution in [2.75, 3.05) is 5.32 Å². The van der Waals surface area contributed by atoms with Crippen LogP contribution in [0.3, 0.4) is 0 Å². The number of amides is 1. The van der Waals surface area contributed by atoms with Crippen LogP contribution in [-0.4, -0.2) is 25.9 Å². The lowest BCUT2D eigenvalue weighted by Gasteiger charge is -1.98. The summed E-state index contributed by atoms with van der Waals surface area (Å²) in [4.78, 5) is 17.1. The van der Waals surface area contributed by atoms with E-state index in [1.165, 1.54) is 11.3 Å². The van der Waals surface area contributed by atoms with Crippen LogP contribution in [0.4, 0.5) is 5.13 Å². The zero-order valence-corrected chi connectivity index (χ0v) is 14.9. The van der Waals surface area contributed by atoms with Gasteiger partial charge in [-0.15, -0.1) is 5.10 Å². The number of aromatic nitrogens is 4. The molecule has 2 aromatic heterocycles. The lowest BCUT2D eigenvalue weighted by Crippen LogP contribution is -2.12. The van der Waals surface area contributed by atoms with Crippen molar-refractivity contribution in [1.29, 1.82) is 0 Å².